The topological polar surface area (TPSA) is 26.0 Å². The molecule has 0 atom stereocenters. The average Bonchev–Trinajstić information content (AvgIpc) is 3.55. The van der Waals surface area contributed by atoms with Crippen LogP contribution in [-0.2, 0) is 0 Å². The molecule has 9 aromatic rings. The van der Waals surface area contributed by atoms with Gasteiger partial charge in [-0.15, -0.1) is 5.54 Å². The van der Waals surface area contributed by atoms with Crippen molar-refractivity contribution >= 4 is 67.2 Å². The molecule has 0 aliphatic carbocycles. The number of hydrogen-bond acceptors (Lipinski definition) is 2. The lowest BCUT2D eigenvalue weighted by atomic mass is 9.89. The second-order valence-corrected chi connectivity index (χ2v) is 15.5. The van der Waals surface area contributed by atoms with Crippen LogP contribution in [0.15, 0.2) is 180 Å². The molecule has 48 heavy (non-hydrogen) atoms. The number of furan rings is 1. The lowest BCUT2D eigenvalue weighted by Crippen LogP contribution is -2.66. The zero-order valence-corrected chi connectivity index (χ0v) is 27.1. The summed E-state index contributed by atoms with van der Waals surface area (Å²) in [5, 5.41) is 10.3. The van der Waals surface area contributed by atoms with Crippen molar-refractivity contribution in [2.24, 2.45) is 0 Å². The van der Waals surface area contributed by atoms with E-state index in [0.29, 0.717) is 5.71 Å². The van der Waals surface area contributed by atoms with Crippen molar-refractivity contribution in [2.75, 3.05) is 0 Å². The van der Waals surface area contributed by atoms with Crippen LogP contribution in [0, 0.1) is 11.5 Å². The van der Waals surface area contributed by atoms with Gasteiger partial charge >= 0.3 is 0 Å². The summed E-state index contributed by atoms with van der Waals surface area (Å²) in [6.07, 6.45) is 1.79. The van der Waals surface area contributed by atoms with Crippen LogP contribution >= 0.6 is 0 Å². The summed E-state index contributed by atoms with van der Waals surface area (Å²) in [7, 11) is -3.07. The largest absolute Gasteiger partial charge is 0.438 e. The highest BCUT2D eigenvalue weighted by atomic mass is 28.3. The molecule has 224 valence electrons. The van der Waals surface area contributed by atoms with Crippen molar-refractivity contribution in [1.29, 1.82) is 0 Å². The second kappa shape index (κ2) is 11.5. The Bertz CT molecular complexity index is 2570. The first-order valence-corrected chi connectivity index (χ1v) is 18.2. The molecule has 0 bridgehead atoms. The van der Waals surface area contributed by atoms with E-state index in [1.165, 1.54) is 32.3 Å². The van der Waals surface area contributed by atoms with E-state index in [-0.39, 0.29) is 0 Å². The zero-order valence-electron chi connectivity index (χ0n) is 26.1. The predicted octanol–water partition coefficient (Wildman–Crippen LogP) is 9.02. The first-order chi connectivity index (χ1) is 23.8. The Labute approximate surface area is 280 Å². The van der Waals surface area contributed by atoms with E-state index in [1.54, 1.807) is 6.20 Å². The van der Waals surface area contributed by atoms with Crippen LogP contribution in [0.3, 0.4) is 0 Å². The third-order valence-electron chi connectivity index (χ3n) is 9.46. The fraction of sp³-hybridized carbons (Fsp3) is 0. The average molecular weight is 628 g/mol. The second-order valence-electron chi connectivity index (χ2n) is 12.1. The van der Waals surface area contributed by atoms with Crippen LogP contribution in [0.2, 0.25) is 0 Å². The van der Waals surface area contributed by atoms with Gasteiger partial charge in [0.05, 0.1) is 0 Å². The molecule has 3 heteroatoms. The van der Waals surface area contributed by atoms with Crippen LogP contribution in [0.4, 0.5) is 0 Å². The molecule has 0 fully saturated rings. The Kier molecular flexibility index (Phi) is 6.74. The molecule has 0 aliphatic heterocycles. The lowest BCUT2D eigenvalue weighted by molar-refractivity contribution is 0.656. The van der Waals surface area contributed by atoms with Crippen molar-refractivity contribution < 1.29 is 4.42 Å². The number of para-hydroxylation sites is 1. The molecular weight excluding hydrogens is 599 g/mol. The van der Waals surface area contributed by atoms with Crippen molar-refractivity contribution in [3.63, 3.8) is 0 Å². The Morgan fingerprint density at radius 1 is 0.458 bits per heavy atom. The number of fused-ring (bicyclic) bond motifs is 5. The predicted molar refractivity (Wildman–Crippen MR) is 203 cm³/mol. The van der Waals surface area contributed by atoms with Crippen LogP contribution in [-0.4, -0.2) is 13.1 Å². The molecule has 2 nitrogen and oxygen atoms in total. The summed E-state index contributed by atoms with van der Waals surface area (Å²) >= 11 is 0. The van der Waals surface area contributed by atoms with Gasteiger partial charge in [-0.3, -0.25) is 0 Å². The fourth-order valence-corrected chi connectivity index (χ4v) is 11.3. The highest BCUT2D eigenvalue weighted by Crippen LogP contribution is 2.39. The standard InChI is InChI=1S/C45H29NOSi/c1-4-16-32(17-5-1)43-38-24-12-10-22-35(38)37(36-23-11-13-25-39(36)43)29-31-48(33-18-6-2-7-19-33,34-20-8-3-9-21-34)42-28-14-26-40-41-27-15-30-46-45(41)47-44(40)42/h1-28,30H. The first kappa shape index (κ1) is 28.0. The summed E-state index contributed by atoms with van der Waals surface area (Å²) in [6, 6.07) is 60.3. The normalized spacial score (nSPS) is 11.6. The van der Waals surface area contributed by atoms with E-state index >= 15 is 0 Å². The third kappa shape index (κ3) is 4.39. The molecule has 0 saturated carbocycles. The third-order valence-corrected chi connectivity index (χ3v) is 13.6. The lowest BCUT2D eigenvalue weighted by Gasteiger charge is -2.28. The molecule has 0 radical (unpaired) electrons. The highest BCUT2D eigenvalue weighted by Gasteiger charge is 2.41. The number of hydrogen-bond donors (Lipinski definition) is 0. The number of aromatic nitrogens is 1. The fourth-order valence-electron chi connectivity index (χ4n) is 7.33. The summed E-state index contributed by atoms with van der Waals surface area (Å²) in [5.74, 6) is 3.90. The van der Waals surface area contributed by atoms with Gasteiger partial charge in [-0.05, 0) is 55.2 Å². The van der Waals surface area contributed by atoms with E-state index in [1.807, 2.05) is 6.07 Å². The number of rotatable bonds is 4. The molecular formula is C45H29NOSi. The first-order valence-electron chi connectivity index (χ1n) is 16.2. The van der Waals surface area contributed by atoms with Gasteiger partial charge in [0, 0.05) is 27.7 Å². The highest BCUT2D eigenvalue weighted by molar-refractivity contribution is 7.17. The van der Waals surface area contributed by atoms with Crippen molar-refractivity contribution in [1.82, 2.24) is 4.98 Å². The number of benzene rings is 7. The Hall–Kier alpha value is -6.21. The van der Waals surface area contributed by atoms with Gasteiger partial charge < -0.3 is 4.42 Å². The van der Waals surface area contributed by atoms with Crippen molar-refractivity contribution in [2.45, 2.75) is 0 Å². The van der Waals surface area contributed by atoms with Gasteiger partial charge in [-0.1, -0.05) is 164 Å². The summed E-state index contributed by atoms with van der Waals surface area (Å²) in [6.45, 7) is 0. The smallest absolute Gasteiger partial charge is 0.233 e. The number of nitrogens with zero attached hydrogens (tertiary/aromatic N) is 1. The minimum absolute atomic E-state index is 0.644. The van der Waals surface area contributed by atoms with E-state index in [9.17, 15) is 0 Å². The maximum absolute atomic E-state index is 6.65. The number of pyridine rings is 1. The van der Waals surface area contributed by atoms with Gasteiger partial charge in [-0.25, -0.2) is 4.98 Å². The quantitative estimate of drug-likeness (QED) is 0.0843. The van der Waals surface area contributed by atoms with E-state index in [0.717, 1.165) is 37.9 Å². The Morgan fingerprint density at radius 2 is 0.979 bits per heavy atom. The van der Waals surface area contributed by atoms with E-state index < -0.39 is 8.07 Å². The molecule has 2 aromatic heterocycles. The minimum Gasteiger partial charge on any atom is -0.438 e. The summed E-state index contributed by atoms with van der Waals surface area (Å²) < 4.78 is 6.65. The van der Waals surface area contributed by atoms with Crippen LogP contribution in [0.1, 0.15) is 5.56 Å². The van der Waals surface area contributed by atoms with Gasteiger partial charge in [-0.2, -0.15) is 0 Å². The van der Waals surface area contributed by atoms with Gasteiger partial charge in [0.15, 0.2) is 0 Å². The molecule has 0 amide bonds. The van der Waals surface area contributed by atoms with Gasteiger partial charge in [0.25, 0.3) is 0 Å². The maximum atomic E-state index is 6.65. The molecule has 2 heterocycles. The minimum atomic E-state index is -3.07. The molecule has 0 N–H and O–H groups in total. The van der Waals surface area contributed by atoms with E-state index in [4.69, 9.17) is 4.42 Å². The molecule has 0 saturated heterocycles. The maximum Gasteiger partial charge on any atom is 0.233 e. The van der Waals surface area contributed by atoms with Crippen LogP contribution < -0.4 is 15.6 Å². The van der Waals surface area contributed by atoms with Crippen LogP contribution in [0.25, 0.3) is 54.7 Å². The van der Waals surface area contributed by atoms with Gasteiger partial charge in [0.2, 0.25) is 13.8 Å². The van der Waals surface area contributed by atoms with Gasteiger partial charge in [0.1, 0.15) is 5.58 Å². The summed E-state index contributed by atoms with van der Waals surface area (Å²) in [4.78, 5) is 4.59. The molecule has 0 unspecified atom stereocenters. The molecule has 0 spiro atoms. The molecule has 9 rings (SSSR count). The SMILES string of the molecule is C(#C[Si](c1ccccc1)(c1ccccc1)c1cccc2c1oc1ncccc12)c1c2ccccc2c(-c2ccccc2)c2ccccc12. The summed E-state index contributed by atoms with van der Waals surface area (Å²) in [5.41, 5.74) is 9.07. The monoisotopic (exact) mass is 627 g/mol. The zero-order chi connectivity index (χ0) is 31.9. The Morgan fingerprint density at radius 3 is 1.60 bits per heavy atom. The van der Waals surface area contributed by atoms with Crippen molar-refractivity contribution in [3.05, 3.63) is 182 Å². The van der Waals surface area contributed by atoms with Crippen molar-refractivity contribution in [3.8, 4) is 22.6 Å². The Balaban J connectivity index is 1.42. The molecule has 0 aliphatic rings. The van der Waals surface area contributed by atoms with Crippen LogP contribution in [0.5, 0.6) is 0 Å². The molecule has 7 aromatic carbocycles. The van der Waals surface area contributed by atoms with E-state index in [2.05, 4.69) is 180 Å².